The molecular formula is C23H36BNO2. The molecular weight excluding hydrogens is 333 g/mol. The van der Waals surface area contributed by atoms with Crippen molar-refractivity contribution < 1.29 is 9.59 Å². The van der Waals surface area contributed by atoms with Crippen molar-refractivity contribution in [2.45, 2.75) is 84.4 Å². The molecule has 0 bridgehead atoms. The van der Waals surface area contributed by atoms with Gasteiger partial charge in [0.25, 0.3) is 0 Å². The Labute approximate surface area is 166 Å². The molecule has 0 saturated carbocycles. The molecule has 3 atom stereocenters. The summed E-state index contributed by atoms with van der Waals surface area (Å²) in [6, 6.07) is 8.00. The third-order valence-electron chi connectivity index (χ3n) is 6.69. The van der Waals surface area contributed by atoms with Crippen LogP contribution in [-0.2, 0) is 15.0 Å². The number of unbranched alkanes of at least 4 members (excludes halogenated alkanes) is 3. The SMILES string of the molecule is BC(C)C(C)(C)c1ccc(N2C(=O)CC(C(C)CCCCCC)C2=O)cc1. The van der Waals surface area contributed by atoms with Crippen LogP contribution in [0.15, 0.2) is 24.3 Å². The van der Waals surface area contributed by atoms with Gasteiger partial charge >= 0.3 is 0 Å². The Morgan fingerprint density at radius 2 is 1.74 bits per heavy atom. The smallest absolute Gasteiger partial charge is 0.237 e. The highest BCUT2D eigenvalue weighted by molar-refractivity contribution is 6.21. The second-order valence-corrected chi connectivity index (χ2v) is 9.13. The fourth-order valence-electron chi connectivity index (χ4n) is 3.84. The fourth-order valence-corrected chi connectivity index (χ4v) is 3.84. The Morgan fingerprint density at radius 1 is 1.11 bits per heavy atom. The summed E-state index contributed by atoms with van der Waals surface area (Å²) in [4.78, 5) is 26.9. The highest BCUT2D eigenvalue weighted by Gasteiger charge is 2.42. The van der Waals surface area contributed by atoms with Crippen molar-refractivity contribution in [3.05, 3.63) is 29.8 Å². The van der Waals surface area contributed by atoms with E-state index in [9.17, 15) is 9.59 Å². The van der Waals surface area contributed by atoms with Crippen molar-refractivity contribution in [2.24, 2.45) is 11.8 Å². The van der Waals surface area contributed by atoms with Crippen LogP contribution in [0.1, 0.15) is 78.7 Å². The number of carbonyl (C=O) groups is 2. The van der Waals surface area contributed by atoms with Gasteiger partial charge in [-0.15, -0.1) is 0 Å². The molecule has 3 nitrogen and oxygen atoms in total. The summed E-state index contributed by atoms with van der Waals surface area (Å²) in [5.41, 5.74) is 2.02. The molecule has 3 unspecified atom stereocenters. The maximum absolute atomic E-state index is 12.9. The number of imide groups is 1. The lowest BCUT2D eigenvalue weighted by Crippen LogP contribution is -2.32. The van der Waals surface area contributed by atoms with Crippen LogP contribution >= 0.6 is 0 Å². The van der Waals surface area contributed by atoms with Gasteiger partial charge in [-0.2, -0.15) is 0 Å². The molecule has 0 radical (unpaired) electrons. The summed E-state index contributed by atoms with van der Waals surface area (Å²) < 4.78 is 0. The molecule has 0 spiro atoms. The molecule has 0 aliphatic carbocycles. The van der Waals surface area contributed by atoms with E-state index in [4.69, 9.17) is 0 Å². The van der Waals surface area contributed by atoms with E-state index in [0.717, 1.165) is 12.8 Å². The van der Waals surface area contributed by atoms with Gasteiger partial charge in [-0.25, -0.2) is 0 Å². The largest absolute Gasteiger partial charge is 0.274 e. The van der Waals surface area contributed by atoms with Crippen molar-refractivity contribution in [1.29, 1.82) is 0 Å². The highest BCUT2D eigenvalue weighted by Crippen LogP contribution is 2.36. The van der Waals surface area contributed by atoms with E-state index in [-0.39, 0.29) is 29.1 Å². The van der Waals surface area contributed by atoms with E-state index in [1.165, 1.54) is 29.7 Å². The Kier molecular flexibility index (Phi) is 7.30. The van der Waals surface area contributed by atoms with Crippen LogP contribution in [0.25, 0.3) is 0 Å². The Bertz CT molecular complexity index is 651. The summed E-state index contributed by atoms with van der Waals surface area (Å²) in [5.74, 6) is 0.546. The van der Waals surface area contributed by atoms with Gasteiger partial charge in [-0.3, -0.25) is 14.5 Å². The van der Waals surface area contributed by atoms with Gasteiger partial charge < -0.3 is 0 Å². The summed E-state index contributed by atoms with van der Waals surface area (Å²) >= 11 is 0. The molecule has 2 rings (SSSR count). The highest BCUT2D eigenvalue weighted by atomic mass is 16.2. The lowest BCUT2D eigenvalue weighted by Gasteiger charge is -2.30. The molecule has 2 amide bonds. The minimum atomic E-state index is -0.161. The molecule has 4 heteroatoms. The number of rotatable bonds is 9. The molecule has 0 N–H and O–H groups in total. The topological polar surface area (TPSA) is 37.4 Å². The predicted octanol–water partition coefficient (Wildman–Crippen LogP) is 4.89. The molecule has 1 aliphatic heterocycles. The zero-order chi connectivity index (χ0) is 20.2. The third-order valence-corrected chi connectivity index (χ3v) is 6.69. The van der Waals surface area contributed by atoms with Gasteiger partial charge in [0.15, 0.2) is 0 Å². The van der Waals surface area contributed by atoms with Crippen LogP contribution in [0, 0.1) is 11.8 Å². The number of benzene rings is 1. The Hall–Kier alpha value is -1.58. The molecule has 27 heavy (non-hydrogen) atoms. The number of nitrogens with zero attached hydrogens (tertiary/aromatic N) is 1. The van der Waals surface area contributed by atoms with Crippen LogP contribution in [-0.4, -0.2) is 19.7 Å². The molecule has 1 aromatic carbocycles. The average molecular weight is 369 g/mol. The van der Waals surface area contributed by atoms with E-state index in [2.05, 4.69) is 54.6 Å². The monoisotopic (exact) mass is 369 g/mol. The summed E-state index contributed by atoms with van der Waals surface area (Å²) in [6.07, 6.45) is 6.20. The minimum Gasteiger partial charge on any atom is -0.274 e. The number of amides is 2. The molecule has 0 aromatic heterocycles. The van der Waals surface area contributed by atoms with Gasteiger partial charge in [0.1, 0.15) is 7.85 Å². The number of hydrogen-bond acceptors (Lipinski definition) is 2. The number of anilines is 1. The van der Waals surface area contributed by atoms with Crippen LogP contribution in [0.4, 0.5) is 5.69 Å². The van der Waals surface area contributed by atoms with E-state index >= 15 is 0 Å². The minimum absolute atomic E-state index is 0.0149. The van der Waals surface area contributed by atoms with Crippen molar-refractivity contribution in [3.63, 3.8) is 0 Å². The fraction of sp³-hybridized carbons (Fsp3) is 0.652. The Balaban J connectivity index is 2.08. The first-order valence-electron chi connectivity index (χ1n) is 10.7. The second kappa shape index (κ2) is 9.08. The second-order valence-electron chi connectivity index (χ2n) is 9.13. The number of hydrogen-bond donors (Lipinski definition) is 0. The molecule has 1 aromatic rings. The first-order valence-corrected chi connectivity index (χ1v) is 10.7. The summed E-state index contributed by atoms with van der Waals surface area (Å²) in [5, 5.41) is 0. The number of carbonyl (C=O) groups excluding carboxylic acids is 2. The average Bonchev–Trinajstić information content (AvgIpc) is 2.93. The predicted molar refractivity (Wildman–Crippen MR) is 116 cm³/mol. The van der Waals surface area contributed by atoms with E-state index in [1.807, 2.05) is 12.1 Å². The van der Waals surface area contributed by atoms with Crippen molar-refractivity contribution >= 4 is 25.3 Å². The molecule has 1 heterocycles. The van der Waals surface area contributed by atoms with E-state index in [1.54, 1.807) is 0 Å². The molecule has 148 valence electrons. The van der Waals surface area contributed by atoms with Gasteiger partial charge in [-0.1, -0.05) is 78.3 Å². The first kappa shape index (κ1) is 21.7. The zero-order valence-electron chi connectivity index (χ0n) is 18.0. The van der Waals surface area contributed by atoms with E-state index in [0.29, 0.717) is 17.9 Å². The summed E-state index contributed by atoms with van der Waals surface area (Å²) in [6.45, 7) is 11.0. The normalized spacial score (nSPS) is 20.2. The zero-order valence-corrected chi connectivity index (χ0v) is 18.0. The van der Waals surface area contributed by atoms with E-state index < -0.39 is 0 Å². The molecule has 1 aliphatic rings. The van der Waals surface area contributed by atoms with Crippen molar-refractivity contribution in [2.75, 3.05) is 4.90 Å². The Morgan fingerprint density at radius 3 is 2.30 bits per heavy atom. The molecule has 1 saturated heterocycles. The molecule has 1 fully saturated rings. The maximum Gasteiger partial charge on any atom is 0.237 e. The third kappa shape index (κ3) is 4.83. The maximum atomic E-state index is 12.9. The van der Waals surface area contributed by atoms with Crippen molar-refractivity contribution in [1.82, 2.24) is 0 Å². The van der Waals surface area contributed by atoms with Crippen LogP contribution < -0.4 is 4.90 Å². The van der Waals surface area contributed by atoms with Gasteiger partial charge in [0.05, 0.1) is 11.6 Å². The quantitative estimate of drug-likeness (QED) is 0.353. The lowest BCUT2D eigenvalue weighted by atomic mass is 9.65. The van der Waals surface area contributed by atoms with Gasteiger partial charge in [0, 0.05) is 6.42 Å². The first-order chi connectivity index (χ1) is 12.7. The van der Waals surface area contributed by atoms with Crippen molar-refractivity contribution in [3.8, 4) is 0 Å². The van der Waals surface area contributed by atoms with Crippen LogP contribution in [0.3, 0.4) is 0 Å². The van der Waals surface area contributed by atoms with Crippen LogP contribution in [0.5, 0.6) is 0 Å². The summed E-state index contributed by atoms with van der Waals surface area (Å²) in [7, 11) is 2.22. The van der Waals surface area contributed by atoms with Crippen LogP contribution in [0.2, 0.25) is 5.82 Å². The van der Waals surface area contributed by atoms with Gasteiger partial charge in [-0.05, 0) is 35.4 Å². The lowest BCUT2D eigenvalue weighted by molar-refractivity contribution is -0.122. The standard InChI is InChI=1S/C23H36BNO2/c1-6-7-8-9-10-16(2)20-15-21(26)25(22(20)27)19-13-11-18(12-14-19)23(4,5)17(3)24/h11-14,16-17,20H,6-10,15,24H2,1-5H3. The van der Waals surface area contributed by atoms with Gasteiger partial charge in [0.2, 0.25) is 11.8 Å².